The second kappa shape index (κ2) is 11.0. The second-order valence-electron chi connectivity index (χ2n) is 9.90. The van der Waals surface area contributed by atoms with Gasteiger partial charge in [-0.15, -0.1) is 11.3 Å². The van der Waals surface area contributed by atoms with Gasteiger partial charge in [-0.25, -0.2) is 19.7 Å². The number of benzene rings is 1. The lowest BCUT2D eigenvalue weighted by Gasteiger charge is -2.34. The van der Waals surface area contributed by atoms with E-state index in [2.05, 4.69) is 20.3 Å². The van der Waals surface area contributed by atoms with E-state index in [1.165, 1.54) is 0 Å². The van der Waals surface area contributed by atoms with Crippen LogP contribution in [0.2, 0.25) is 0 Å². The first-order chi connectivity index (χ1) is 19.1. The average molecular weight is 576 g/mol. The number of fused-ring (bicyclic) bond motifs is 1. The summed E-state index contributed by atoms with van der Waals surface area (Å²) in [5, 5.41) is 15.1. The molecule has 1 aliphatic carbocycles. The number of aliphatic carboxylic acids is 1. The fourth-order valence-electron chi connectivity index (χ4n) is 5.13. The Morgan fingerprint density at radius 3 is 2.65 bits per heavy atom. The zero-order chi connectivity index (χ0) is 28.5. The predicted molar refractivity (Wildman–Crippen MR) is 141 cm³/mol. The van der Waals surface area contributed by atoms with Crippen LogP contribution in [0, 0.1) is 0 Å². The van der Waals surface area contributed by atoms with Crippen molar-refractivity contribution in [3.63, 3.8) is 0 Å². The number of alkyl halides is 3. The normalized spacial score (nSPS) is 16.4. The predicted octanol–water partition coefficient (Wildman–Crippen LogP) is 5.30. The first-order valence-corrected chi connectivity index (χ1v) is 13.9. The van der Waals surface area contributed by atoms with Gasteiger partial charge in [0.2, 0.25) is 5.95 Å². The zero-order valence-corrected chi connectivity index (χ0v) is 22.6. The molecule has 40 heavy (non-hydrogen) atoms. The van der Waals surface area contributed by atoms with Crippen molar-refractivity contribution < 1.29 is 32.6 Å². The summed E-state index contributed by atoms with van der Waals surface area (Å²) in [5.41, 5.74) is -1.48. The van der Waals surface area contributed by atoms with Crippen LogP contribution in [0.5, 0.6) is 5.75 Å². The molecule has 0 saturated heterocycles. The van der Waals surface area contributed by atoms with Gasteiger partial charge in [0.15, 0.2) is 5.69 Å². The Kier molecular flexibility index (Phi) is 7.67. The lowest BCUT2D eigenvalue weighted by molar-refractivity contribution is -0.145. The highest BCUT2D eigenvalue weighted by molar-refractivity contribution is 7.09. The Hall–Kier alpha value is -3.74. The van der Waals surface area contributed by atoms with E-state index in [4.69, 9.17) is 4.74 Å². The van der Waals surface area contributed by atoms with Gasteiger partial charge >= 0.3 is 12.1 Å². The van der Waals surface area contributed by atoms with Gasteiger partial charge < -0.3 is 20.1 Å². The number of carbonyl (C=O) groups excluding carboxylic acids is 1. The highest BCUT2D eigenvalue weighted by Gasteiger charge is 2.44. The highest BCUT2D eigenvalue weighted by atomic mass is 32.1. The topological polar surface area (TPSA) is 118 Å². The monoisotopic (exact) mass is 575 g/mol. The third-order valence-corrected chi connectivity index (χ3v) is 8.28. The smallest absolute Gasteiger partial charge is 0.434 e. The molecule has 0 radical (unpaired) electrons. The number of anilines is 2. The van der Waals surface area contributed by atoms with Crippen molar-refractivity contribution in [2.75, 3.05) is 11.4 Å². The Bertz CT molecular complexity index is 1420. The van der Waals surface area contributed by atoms with Crippen LogP contribution in [-0.2, 0) is 30.4 Å². The lowest BCUT2D eigenvalue weighted by atomic mass is 9.81. The first kappa shape index (κ1) is 27.8. The Balaban J connectivity index is 1.36. The molecular weight excluding hydrogens is 547 g/mol. The molecule has 1 amide bonds. The largest absolute Gasteiger partial charge is 0.487 e. The molecule has 0 spiro atoms. The van der Waals surface area contributed by atoms with Crippen molar-refractivity contribution >= 4 is 34.8 Å². The van der Waals surface area contributed by atoms with Crippen LogP contribution in [0.4, 0.5) is 24.8 Å². The number of aromatic nitrogens is 3. The SMILES string of the molecule is CCc1nc(COc2ccc3c(c2)CCN3c2ncc(C(=O)NC3(C(=O)O)CCCCC3)c(C(F)(F)F)n2)cs1. The third kappa shape index (κ3) is 5.60. The van der Waals surface area contributed by atoms with Crippen molar-refractivity contribution in [1.29, 1.82) is 0 Å². The number of carboxylic acid groups (broad SMARTS) is 1. The van der Waals surface area contributed by atoms with Crippen molar-refractivity contribution in [1.82, 2.24) is 20.3 Å². The third-order valence-electron chi connectivity index (χ3n) is 7.23. The number of halogens is 3. The van der Waals surface area contributed by atoms with Crippen molar-refractivity contribution in [3.8, 4) is 5.75 Å². The van der Waals surface area contributed by atoms with E-state index in [1.807, 2.05) is 18.4 Å². The average Bonchev–Trinajstić information content (AvgIpc) is 3.58. The summed E-state index contributed by atoms with van der Waals surface area (Å²) in [4.78, 5) is 38.8. The summed E-state index contributed by atoms with van der Waals surface area (Å²) in [6, 6.07) is 5.31. The van der Waals surface area contributed by atoms with E-state index in [0.29, 0.717) is 43.9 Å². The summed E-state index contributed by atoms with van der Waals surface area (Å²) < 4.78 is 48.1. The molecule has 1 aromatic carbocycles. The van der Waals surface area contributed by atoms with Crippen molar-refractivity contribution in [3.05, 3.63) is 57.3 Å². The van der Waals surface area contributed by atoms with E-state index in [1.54, 1.807) is 28.4 Å². The summed E-state index contributed by atoms with van der Waals surface area (Å²) >= 11 is 1.57. The molecule has 5 rings (SSSR count). The van der Waals surface area contributed by atoms with E-state index < -0.39 is 34.8 Å². The van der Waals surface area contributed by atoms with Crippen molar-refractivity contribution in [2.45, 2.75) is 70.2 Å². The Morgan fingerprint density at radius 1 is 1.20 bits per heavy atom. The minimum Gasteiger partial charge on any atom is -0.487 e. The minimum absolute atomic E-state index is 0.147. The molecule has 212 valence electrons. The molecule has 9 nitrogen and oxygen atoms in total. The first-order valence-electron chi connectivity index (χ1n) is 13.1. The molecule has 0 atom stereocenters. The summed E-state index contributed by atoms with van der Waals surface area (Å²) in [5.74, 6) is -2.00. The van der Waals surface area contributed by atoms with Gasteiger partial charge in [-0.05, 0) is 49.4 Å². The minimum atomic E-state index is -4.96. The molecule has 1 fully saturated rings. The van der Waals surface area contributed by atoms with Crippen LogP contribution in [0.15, 0.2) is 29.8 Å². The van der Waals surface area contributed by atoms with Crippen molar-refractivity contribution in [2.24, 2.45) is 0 Å². The van der Waals surface area contributed by atoms with Crippen LogP contribution in [0.1, 0.15) is 71.3 Å². The summed E-state index contributed by atoms with van der Waals surface area (Å²) in [6.07, 6.45) is -0.535. The van der Waals surface area contributed by atoms with E-state index >= 15 is 0 Å². The van der Waals surface area contributed by atoms with E-state index in [-0.39, 0.29) is 18.8 Å². The van der Waals surface area contributed by atoms with Gasteiger partial charge in [0.25, 0.3) is 5.91 Å². The zero-order valence-electron chi connectivity index (χ0n) is 21.8. The molecule has 0 bridgehead atoms. The van der Waals surface area contributed by atoms with Gasteiger partial charge in [0.05, 0.1) is 16.3 Å². The second-order valence-corrected chi connectivity index (χ2v) is 10.8. The van der Waals surface area contributed by atoms with Crippen LogP contribution in [-0.4, -0.2) is 44.0 Å². The maximum Gasteiger partial charge on any atom is 0.434 e. The molecule has 1 saturated carbocycles. The standard InChI is InChI=1S/C27H28F3N5O4S/c1-2-21-32-17(15-40-21)14-39-18-6-7-20-16(12-18)8-11-35(20)25-31-13-19(22(33-25)27(28,29)30)23(36)34-26(24(37)38)9-4-3-5-10-26/h6-7,12-13,15H,2-5,8-11,14H2,1H3,(H,34,36)(H,37,38). The fraction of sp³-hybridized carbons (Fsp3) is 0.444. The number of amides is 1. The number of nitrogens with zero attached hydrogens (tertiary/aromatic N) is 4. The van der Waals surface area contributed by atoms with Gasteiger partial charge in [0, 0.05) is 23.8 Å². The molecule has 3 aromatic rings. The molecule has 2 N–H and O–H groups in total. The summed E-state index contributed by atoms with van der Waals surface area (Å²) in [6.45, 7) is 2.69. The van der Waals surface area contributed by atoms with Gasteiger partial charge in [0.1, 0.15) is 17.9 Å². The van der Waals surface area contributed by atoms with Gasteiger partial charge in [-0.1, -0.05) is 26.2 Å². The maximum atomic E-state index is 14.1. The number of nitrogens with one attached hydrogen (secondary N) is 1. The number of hydrogen-bond donors (Lipinski definition) is 2. The Labute approximate surface area is 232 Å². The number of aryl methyl sites for hydroxylation is 1. The van der Waals surface area contributed by atoms with Crippen LogP contribution < -0.4 is 15.0 Å². The molecule has 2 aromatic heterocycles. The van der Waals surface area contributed by atoms with Crippen LogP contribution in [0.25, 0.3) is 0 Å². The molecule has 3 heterocycles. The van der Waals surface area contributed by atoms with Gasteiger partial charge in [-0.2, -0.15) is 13.2 Å². The quantitative estimate of drug-likeness (QED) is 0.372. The van der Waals surface area contributed by atoms with Crippen LogP contribution >= 0.6 is 11.3 Å². The number of thiazole rings is 1. The number of ether oxygens (including phenoxy) is 1. The molecule has 1 aliphatic heterocycles. The highest BCUT2D eigenvalue weighted by Crippen LogP contribution is 2.38. The fourth-order valence-corrected chi connectivity index (χ4v) is 5.86. The molecular formula is C27H28F3N5O4S. The lowest BCUT2D eigenvalue weighted by Crippen LogP contribution is -2.55. The summed E-state index contributed by atoms with van der Waals surface area (Å²) in [7, 11) is 0. The Morgan fingerprint density at radius 2 is 1.98 bits per heavy atom. The molecule has 13 heteroatoms. The molecule has 0 unspecified atom stereocenters. The number of carbonyl (C=O) groups is 2. The number of rotatable bonds is 8. The van der Waals surface area contributed by atoms with E-state index in [0.717, 1.165) is 35.3 Å². The number of carboxylic acids is 1. The van der Waals surface area contributed by atoms with Gasteiger partial charge in [-0.3, -0.25) is 4.79 Å². The molecule has 2 aliphatic rings. The van der Waals surface area contributed by atoms with Crippen LogP contribution in [0.3, 0.4) is 0 Å². The van der Waals surface area contributed by atoms with E-state index in [9.17, 15) is 27.9 Å². The maximum absolute atomic E-state index is 14.1. The number of hydrogen-bond acceptors (Lipinski definition) is 8.